The number of carbonyl (C=O) groups is 6. The van der Waals surface area contributed by atoms with Crippen molar-refractivity contribution in [3.05, 3.63) is 0 Å². The molecule has 0 aliphatic carbocycles. The quantitative estimate of drug-likeness (QED) is 0.103. The number of carboxylic acid groups (broad SMARTS) is 3. The van der Waals surface area contributed by atoms with Crippen molar-refractivity contribution in [3.8, 4) is 0 Å². The number of nitrogens with one attached hydrogen (secondary N) is 3. The number of carbonyl (C=O) groups excluding carboxylic acids is 3. The number of thiol groups is 1. The predicted molar refractivity (Wildman–Crippen MR) is 122 cm³/mol. The van der Waals surface area contributed by atoms with Gasteiger partial charge in [-0.05, 0) is 31.3 Å². The Hall–Kier alpha value is -2.52. The minimum Gasteiger partial charge on any atom is -0.481 e. The Kier molecular flexibility index (Phi) is 14.9. The first-order chi connectivity index (χ1) is 15.4. The van der Waals surface area contributed by atoms with E-state index in [4.69, 9.17) is 15.9 Å². The highest BCUT2D eigenvalue weighted by molar-refractivity contribution is 7.98. The summed E-state index contributed by atoms with van der Waals surface area (Å²) in [6, 6.07) is -4.98. The second kappa shape index (κ2) is 16.1. The van der Waals surface area contributed by atoms with Crippen LogP contribution < -0.4 is 21.7 Å². The number of hydrogen-bond donors (Lipinski definition) is 8. The average Bonchev–Trinajstić information content (AvgIpc) is 2.74. The van der Waals surface area contributed by atoms with E-state index in [-0.39, 0.29) is 31.4 Å². The molecular weight excluding hydrogens is 480 g/mol. The first kappa shape index (κ1) is 30.5. The molecule has 0 fully saturated rings. The maximum absolute atomic E-state index is 12.6. The topological polar surface area (TPSA) is 225 Å². The number of rotatable bonds is 17. The highest BCUT2D eigenvalue weighted by atomic mass is 32.2. The van der Waals surface area contributed by atoms with Crippen molar-refractivity contribution in [3.63, 3.8) is 0 Å². The SMILES string of the molecule is CSCCC(NC(=O)C(CS)NC(=O)C(N)CCC(=O)O)C(=O)NC(CCC(=O)O)C(=O)O. The third kappa shape index (κ3) is 12.9. The number of thioether (sulfide) groups is 1. The van der Waals surface area contributed by atoms with E-state index in [9.17, 15) is 33.9 Å². The van der Waals surface area contributed by atoms with Crippen LogP contribution in [-0.2, 0) is 28.8 Å². The normalized spacial score (nSPS) is 14.3. The Bertz CT molecular complexity index is 723. The van der Waals surface area contributed by atoms with Crippen molar-refractivity contribution in [1.29, 1.82) is 0 Å². The van der Waals surface area contributed by atoms with Crippen molar-refractivity contribution < 1.29 is 44.1 Å². The number of nitrogens with two attached hydrogens (primary N) is 1. The van der Waals surface area contributed by atoms with Crippen molar-refractivity contribution in [2.45, 2.75) is 56.3 Å². The van der Waals surface area contributed by atoms with Crippen LogP contribution in [0.25, 0.3) is 0 Å². The molecule has 0 aliphatic rings. The molecule has 0 saturated carbocycles. The number of carboxylic acids is 3. The van der Waals surface area contributed by atoms with Gasteiger partial charge in [0.2, 0.25) is 17.7 Å². The van der Waals surface area contributed by atoms with Gasteiger partial charge >= 0.3 is 17.9 Å². The van der Waals surface area contributed by atoms with Crippen molar-refractivity contribution in [2.75, 3.05) is 17.8 Å². The maximum Gasteiger partial charge on any atom is 0.326 e. The summed E-state index contributed by atoms with van der Waals surface area (Å²) in [6.45, 7) is 0. The fourth-order valence-electron chi connectivity index (χ4n) is 2.46. The van der Waals surface area contributed by atoms with Crippen LogP contribution in [-0.4, -0.2) is 92.9 Å². The molecule has 0 saturated heterocycles. The molecule has 4 atom stereocenters. The summed E-state index contributed by atoms with van der Waals surface area (Å²) in [5, 5.41) is 33.6. The number of aliphatic carboxylic acids is 3. The van der Waals surface area contributed by atoms with Gasteiger partial charge in [-0.2, -0.15) is 24.4 Å². The van der Waals surface area contributed by atoms with Crippen molar-refractivity contribution in [2.24, 2.45) is 5.73 Å². The van der Waals surface area contributed by atoms with Crippen molar-refractivity contribution >= 4 is 60.0 Å². The molecule has 0 bridgehead atoms. The van der Waals surface area contributed by atoms with E-state index in [1.165, 1.54) is 11.8 Å². The molecule has 0 heterocycles. The molecule has 15 heteroatoms. The van der Waals surface area contributed by atoms with Crippen LogP contribution in [0.4, 0.5) is 0 Å². The van der Waals surface area contributed by atoms with Gasteiger partial charge in [0.05, 0.1) is 6.04 Å². The lowest BCUT2D eigenvalue weighted by Crippen LogP contribution is -2.57. The van der Waals surface area contributed by atoms with E-state index < -0.39 is 66.2 Å². The molecular formula is C18H30N4O9S2. The smallest absolute Gasteiger partial charge is 0.326 e. The lowest BCUT2D eigenvalue weighted by molar-refractivity contribution is -0.143. The molecule has 4 unspecified atom stereocenters. The first-order valence-electron chi connectivity index (χ1n) is 9.85. The van der Waals surface area contributed by atoms with Crippen LogP contribution in [0.1, 0.15) is 32.1 Å². The van der Waals surface area contributed by atoms with Gasteiger partial charge in [0.1, 0.15) is 18.1 Å². The second-order valence-corrected chi connectivity index (χ2v) is 8.31. The number of amides is 3. The Morgan fingerprint density at radius 3 is 1.76 bits per heavy atom. The minimum absolute atomic E-state index is 0.134. The largest absolute Gasteiger partial charge is 0.481 e. The standard InChI is InChI=1S/C18H30N4O9S2/c1-33-7-6-10(16(28)21-11(18(30)31)3-5-14(25)26)20-17(29)12(8-32)22-15(27)9(19)2-4-13(23)24/h9-12,32H,2-8,19H2,1H3,(H,20,29)(H,21,28)(H,22,27)(H,23,24)(H,25,26)(H,30,31). The zero-order valence-electron chi connectivity index (χ0n) is 18.0. The summed E-state index contributed by atoms with van der Waals surface area (Å²) >= 11 is 5.38. The van der Waals surface area contributed by atoms with Crippen LogP contribution >= 0.6 is 24.4 Å². The number of hydrogen-bond acceptors (Lipinski definition) is 9. The summed E-state index contributed by atoms with van der Waals surface area (Å²) in [4.78, 5) is 70.0. The molecule has 0 aromatic rings. The summed E-state index contributed by atoms with van der Waals surface area (Å²) in [5.41, 5.74) is 5.62. The fraction of sp³-hybridized carbons (Fsp3) is 0.667. The van der Waals surface area contributed by atoms with E-state index in [2.05, 4.69) is 28.6 Å². The Morgan fingerprint density at radius 1 is 0.788 bits per heavy atom. The fourth-order valence-corrected chi connectivity index (χ4v) is 3.19. The second-order valence-electron chi connectivity index (χ2n) is 6.96. The lowest BCUT2D eigenvalue weighted by atomic mass is 10.1. The van der Waals surface area contributed by atoms with Gasteiger partial charge in [0.15, 0.2) is 0 Å². The Morgan fingerprint density at radius 2 is 1.27 bits per heavy atom. The summed E-state index contributed by atoms with van der Waals surface area (Å²) in [6.07, 6.45) is 0.593. The van der Waals surface area contributed by atoms with Crippen LogP contribution in [0.15, 0.2) is 0 Å². The summed E-state index contributed by atoms with van der Waals surface area (Å²) in [7, 11) is 0. The lowest BCUT2D eigenvalue weighted by Gasteiger charge is -2.24. The van der Waals surface area contributed by atoms with Crippen LogP contribution in [0.5, 0.6) is 0 Å². The van der Waals surface area contributed by atoms with Gasteiger partial charge in [0.25, 0.3) is 0 Å². The van der Waals surface area contributed by atoms with Gasteiger partial charge in [-0.25, -0.2) is 4.79 Å². The zero-order valence-corrected chi connectivity index (χ0v) is 19.7. The summed E-state index contributed by atoms with van der Waals surface area (Å²) in [5.74, 6) is -5.87. The van der Waals surface area contributed by atoms with Gasteiger partial charge in [-0.3, -0.25) is 24.0 Å². The highest BCUT2D eigenvalue weighted by Gasteiger charge is 2.30. The van der Waals surface area contributed by atoms with Gasteiger partial charge < -0.3 is 37.0 Å². The maximum atomic E-state index is 12.6. The molecule has 33 heavy (non-hydrogen) atoms. The van der Waals surface area contributed by atoms with Crippen molar-refractivity contribution in [1.82, 2.24) is 16.0 Å². The van der Waals surface area contributed by atoms with Gasteiger partial charge in [-0.15, -0.1) is 0 Å². The molecule has 0 spiro atoms. The minimum atomic E-state index is -1.46. The van der Waals surface area contributed by atoms with Gasteiger partial charge in [-0.1, -0.05) is 0 Å². The van der Waals surface area contributed by atoms with Crippen LogP contribution in [0.3, 0.4) is 0 Å². The molecule has 0 aromatic heterocycles. The molecule has 8 N–H and O–H groups in total. The average molecular weight is 511 g/mol. The molecule has 13 nitrogen and oxygen atoms in total. The predicted octanol–water partition coefficient (Wildman–Crippen LogP) is -1.73. The first-order valence-corrected chi connectivity index (χ1v) is 11.9. The van der Waals surface area contributed by atoms with Crippen LogP contribution in [0.2, 0.25) is 0 Å². The van der Waals surface area contributed by atoms with Gasteiger partial charge in [0, 0.05) is 18.6 Å². The van der Waals surface area contributed by atoms with E-state index in [1.54, 1.807) is 6.26 Å². The third-order valence-electron chi connectivity index (χ3n) is 4.33. The Labute approximate surface area is 200 Å². The van der Waals surface area contributed by atoms with E-state index in [0.717, 1.165) is 0 Å². The highest BCUT2D eigenvalue weighted by Crippen LogP contribution is 2.05. The van der Waals surface area contributed by atoms with Crippen LogP contribution in [0, 0.1) is 0 Å². The van der Waals surface area contributed by atoms with E-state index >= 15 is 0 Å². The Balaban J connectivity index is 5.20. The van der Waals surface area contributed by atoms with E-state index in [1.807, 2.05) is 0 Å². The monoisotopic (exact) mass is 510 g/mol. The zero-order chi connectivity index (χ0) is 25.6. The molecule has 3 amide bonds. The molecule has 0 rings (SSSR count). The molecule has 188 valence electrons. The molecule has 0 aliphatic heterocycles. The third-order valence-corrected chi connectivity index (χ3v) is 5.34. The summed E-state index contributed by atoms with van der Waals surface area (Å²) < 4.78 is 0. The molecule has 0 radical (unpaired) electrons. The molecule has 0 aromatic carbocycles. The van der Waals surface area contributed by atoms with E-state index in [0.29, 0.717) is 5.75 Å².